The highest BCUT2D eigenvalue weighted by Crippen LogP contribution is 2.11. The summed E-state index contributed by atoms with van der Waals surface area (Å²) in [4.78, 5) is 11.6. The maximum atomic E-state index is 11.6. The first-order chi connectivity index (χ1) is 8.09. The Morgan fingerprint density at radius 3 is 2.76 bits per heavy atom. The number of hydrogen-bond donors (Lipinski definition) is 2. The average molecular weight is 235 g/mol. The molecule has 0 unspecified atom stereocenters. The smallest absolute Gasteiger partial charge is 0.293 e. The zero-order chi connectivity index (χ0) is 12.4. The first-order valence-corrected chi connectivity index (χ1v) is 5.10. The third-order valence-corrected chi connectivity index (χ3v) is 2.63. The third-order valence-electron chi connectivity index (χ3n) is 2.63. The van der Waals surface area contributed by atoms with Crippen LogP contribution >= 0.6 is 0 Å². The van der Waals surface area contributed by atoms with Crippen molar-refractivity contribution in [2.45, 2.75) is 20.4 Å². The van der Waals surface area contributed by atoms with E-state index in [1.54, 1.807) is 4.68 Å². The van der Waals surface area contributed by atoms with E-state index in [4.69, 9.17) is 0 Å². The molecule has 0 radical (unpaired) electrons. The zero-order valence-corrected chi connectivity index (χ0v) is 9.85. The Bertz CT molecular complexity index is 528. The summed E-state index contributed by atoms with van der Waals surface area (Å²) in [6.45, 7) is 4.26. The lowest BCUT2D eigenvalue weighted by Crippen LogP contribution is -2.24. The zero-order valence-electron chi connectivity index (χ0n) is 9.85. The molecule has 8 nitrogen and oxygen atoms in total. The van der Waals surface area contributed by atoms with E-state index in [-0.39, 0.29) is 11.7 Å². The van der Waals surface area contributed by atoms with Crippen molar-refractivity contribution in [2.24, 2.45) is 7.05 Å². The number of H-pyrrole nitrogens is 1. The summed E-state index contributed by atoms with van der Waals surface area (Å²) >= 11 is 0. The Kier molecular flexibility index (Phi) is 2.86. The second-order valence-electron chi connectivity index (χ2n) is 3.69. The van der Waals surface area contributed by atoms with Crippen molar-refractivity contribution in [3.8, 4) is 0 Å². The fourth-order valence-corrected chi connectivity index (χ4v) is 1.58. The van der Waals surface area contributed by atoms with Crippen molar-refractivity contribution >= 4 is 5.91 Å². The molecule has 2 N–H and O–H groups in total. The van der Waals surface area contributed by atoms with Gasteiger partial charge < -0.3 is 5.32 Å². The standard InChI is InChI=1S/C9H13N7O/c1-5-7(6(2)16(3)13-5)4-10-9(17)8-11-14-15-12-8/h4H2,1-3H3,(H,10,17)(H,11,12,14,15). The van der Waals surface area contributed by atoms with Crippen molar-refractivity contribution < 1.29 is 4.79 Å². The summed E-state index contributed by atoms with van der Waals surface area (Å²) in [5.41, 5.74) is 2.93. The van der Waals surface area contributed by atoms with Crippen LogP contribution in [-0.4, -0.2) is 36.3 Å². The number of aromatic amines is 1. The first kappa shape index (κ1) is 11.2. The number of nitrogens with zero attached hydrogens (tertiary/aromatic N) is 5. The number of carbonyl (C=O) groups excluding carboxylic acids is 1. The van der Waals surface area contributed by atoms with Gasteiger partial charge in [-0.15, -0.1) is 10.2 Å². The molecule has 0 aromatic carbocycles. The second-order valence-corrected chi connectivity index (χ2v) is 3.69. The van der Waals surface area contributed by atoms with E-state index in [0.29, 0.717) is 6.54 Å². The summed E-state index contributed by atoms with van der Waals surface area (Å²) in [5, 5.41) is 19.7. The fraction of sp³-hybridized carbons (Fsp3) is 0.444. The summed E-state index contributed by atoms with van der Waals surface area (Å²) < 4.78 is 1.78. The maximum absolute atomic E-state index is 11.6. The Balaban J connectivity index is 2.05. The number of aryl methyl sites for hydroxylation is 2. The molecule has 8 heteroatoms. The second kappa shape index (κ2) is 4.32. The van der Waals surface area contributed by atoms with E-state index >= 15 is 0 Å². The molecule has 0 aliphatic rings. The summed E-state index contributed by atoms with van der Waals surface area (Å²) in [7, 11) is 1.87. The predicted octanol–water partition coefficient (Wildman–Crippen LogP) is -0.520. The van der Waals surface area contributed by atoms with Gasteiger partial charge in [0, 0.05) is 24.8 Å². The van der Waals surface area contributed by atoms with Gasteiger partial charge in [-0.05, 0) is 19.1 Å². The van der Waals surface area contributed by atoms with Crippen molar-refractivity contribution in [1.82, 2.24) is 35.7 Å². The molecule has 2 aromatic heterocycles. The number of aromatic nitrogens is 6. The molecule has 17 heavy (non-hydrogen) atoms. The number of tetrazole rings is 1. The van der Waals surface area contributed by atoms with Crippen LogP contribution in [-0.2, 0) is 13.6 Å². The molecule has 0 aliphatic heterocycles. The lowest BCUT2D eigenvalue weighted by atomic mass is 10.2. The van der Waals surface area contributed by atoms with Gasteiger partial charge in [0.25, 0.3) is 11.7 Å². The van der Waals surface area contributed by atoms with Crippen LogP contribution in [0.2, 0.25) is 0 Å². The molecule has 1 amide bonds. The van der Waals surface area contributed by atoms with Crippen LogP contribution in [0.4, 0.5) is 0 Å². The Hall–Kier alpha value is -2.25. The lowest BCUT2D eigenvalue weighted by Gasteiger charge is -2.03. The molecule has 2 heterocycles. The molecule has 0 atom stereocenters. The summed E-state index contributed by atoms with van der Waals surface area (Å²) in [6.07, 6.45) is 0. The third kappa shape index (κ3) is 2.14. The van der Waals surface area contributed by atoms with Crippen LogP contribution in [0.15, 0.2) is 0 Å². The van der Waals surface area contributed by atoms with Crippen LogP contribution in [0.5, 0.6) is 0 Å². The molecule has 0 saturated heterocycles. The van der Waals surface area contributed by atoms with Gasteiger partial charge in [0.2, 0.25) is 0 Å². The number of hydrogen-bond acceptors (Lipinski definition) is 5. The molecule has 90 valence electrons. The van der Waals surface area contributed by atoms with Gasteiger partial charge >= 0.3 is 0 Å². The molecule has 0 saturated carbocycles. The fourth-order valence-electron chi connectivity index (χ4n) is 1.58. The van der Waals surface area contributed by atoms with Crippen molar-refractivity contribution in [1.29, 1.82) is 0 Å². The molecule has 2 aromatic rings. The first-order valence-electron chi connectivity index (χ1n) is 5.10. The highest BCUT2D eigenvalue weighted by atomic mass is 16.2. The molecule has 0 spiro atoms. The minimum absolute atomic E-state index is 0.0317. The Labute approximate surface area is 97.4 Å². The van der Waals surface area contributed by atoms with E-state index in [0.717, 1.165) is 17.0 Å². The van der Waals surface area contributed by atoms with Gasteiger partial charge in [0.1, 0.15) is 0 Å². The van der Waals surface area contributed by atoms with Gasteiger partial charge in [-0.3, -0.25) is 9.48 Å². The molecule has 2 rings (SSSR count). The van der Waals surface area contributed by atoms with Crippen LogP contribution in [0.25, 0.3) is 0 Å². The number of rotatable bonds is 3. The maximum Gasteiger partial charge on any atom is 0.293 e. The van der Waals surface area contributed by atoms with Crippen molar-refractivity contribution in [2.75, 3.05) is 0 Å². The summed E-state index contributed by atoms with van der Waals surface area (Å²) in [5.74, 6) is -0.328. The van der Waals surface area contributed by atoms with Gasteiger partial charge in [0.05, 0.1) is 5.69 Å². The Morgan fingerprint density at radius 1 is 1.47 bits per heavy atom. The molecule has 0 aliphatic carbocycles. The van der Waals surface area contributed by atoms with Gasteiger partial charge in [-0.2, -0.15) is 10.3 Å². The molecular formula is C9H13N7O. The number of nitrogens with one attached hydrogen (secondary N) is 2. The van der Waals surface area contributed by atoms with Crippen molar-refractivity contribution in [3.63, 3.8) is 0 Å². The number of amides is 1. The van der Waals surface area contributed by atoms with Gasteiger partial charge in [-0.1, -0.05) is 0 Å². The Morgan fingerprint density at radius 2 is 2.24 bits per heavy atom. The lowest BCUT2D eigenvalue weighted by molar-refractivity contribution is 0.0940. The SMILES string of the molecule is Cc1nn(C)c(C)c1CNC(=O)c1nn[nH]n1. The van der Waals surface area contributed by atoms with E-state index in [1.807, 2.05) is 20.9 Å². The molecular weight excluding hydrogens is 222 g/mol. The number of carbonyl (C=O) groups is 1. The predicted molar refractivity (Wildman–Crippen MR) is 58.0 cm³/mol. The summed E-state index contributed by atoms with van der Waals surface area (Å²) in [6, 6.07) is 0. The minimum Gasteiger partial charge on any atom is -0.345 e. The van der Waals surface area contributed by atoms with Gasteiger partial charge in [0.15, 0.2) is 0 Å². The highest BCUT2D eigenvalue weighted by molar-refractivity contribution is 5.89. The normalized spacial score (nSPS) is 10.5. The van der Waals surface area contributed by atoms with E-state index < -0.39 is 0 Å². The quantitative estimate of drug-likeness (QED) is 0.745. The van der Waals surface area contributed by atoms with Crippen LogP contribution in [0.3, 0.4) is 0 Å². The van der Waals surface area contributed by atoms with E-state index in [2.05, 4.69) is 31.0 Å². The van der Waals surface area contributed by atoms with E-state index in [1.165, 1.54) is 0 Å². The molecule has 0 fully saturated rings. The van der Waals surface area contributed by atoms with Crippen molar-refractivity contribution in [3.05, 3.63) is 22.8 Å². The van der Waals surface area contributed by atoms with Crippen LogP contribution < -0.4 is 5.32 Å². The van der Waals surface area contributed by atoms with E-state index in [9.17, 15) is 4.79 Å². The topological polar surface area (TPSA) is 101 Å². The molecule has 0 bridgehead atoms. The monoisotopic (exact) mass is 235 g/mol. The minimum atomic E-state index is -0.360. The van der Waals surface area contributed by atoms with Gasteiger partial charge in [-0.25, -0.2) is 0 Å². The van der Waals surface area contributed by atoms with Crippen LogP contribution in [0, 0.1) is 13.8 Å². The average Bonchev–Trinajstić information content (AvgIpc) is 2.88. The largest absolute Gasteiger partial charge is 0.345 e. The van der Waals surface area contributed by atoms with Crippen LogP contribution in [0.1, 0.15) is 27.6 Å². The highest BCUT2D eigenvalue weighted by Gasteiger charge is 2.13.